The molecule has 3 rings (SSSR count). The van der Waals surface area contributed by atoms with Gasteiger partial charge in [-0.25, -0.2) is 8.42 Å². The molecule has 1 aliphatic heterocycles. The third-order valence-corrected chi connectivity index (χ3v) is 6.54. The van der Waals surface area contributed by atoms with Crippen LogP contribution in [0, 0.1) is 0 Å². The number of benzene rings is 2. The standard InChI is InChI=1S/C25H33N3O6S/c1-6-20(24(30)26-25(2,3)4)27(15-18-10-8-7-9-11-18)23(29)16-28(35(5,31)32)19-12-13-21-22(14-19)34-17-33-21/h7-14,20H,6,15-17H2,1-5H3,(H,26,30). The van der Waals surface area contributed by atoms with Gasteiger partial charge in [0.2, 0.25) is 28.6 Å². The number of nitrogens with zero attached hydrogens (tertiary/aromatic N) is 2. The fourth-order valence-corrected chi connectivity index (χ4v) is 4.65. The lowest BCUT2D eigenvalue weighted by Crippen LogP contribution is -2.55. The maximum absolute atomic E-state index is 13.7. The van der Waals surface area contributed by atoms with Gasteiger partial charge in [-0.05, 0) is 44.9 Å². The van der Waals surface area contributed by atoms with Crippen molar-refractivity contribution in [2.24, 2.45) is 0 Å². The first kappa shape index (κ1) is 26.3. The Bertz CT molecular complexity index is 1160. The highest BCUT2D eigenvalue weighted by molar-refractivity contribution is 7.92. The van der Waals surface area contributed by atoms with Crippen LogP contribution in [0.25, 0.3) is 0 Å². The molecule has 1 atom stereocenters. The van der Waals surface area contributed by atoms with E-state index in [1.165, 1.54) is 11.0 Å². The highest BCUT2D eigenvalue weighted by atomic mass is 32.2. The van der Waals surface area contributed by atoms with Gasteiger partial charge >= 0.3 is 0 Å². The van der Waals surface area contributed by atoms with E-state index in [1.54, 1.807) is 12.1 Å². The quantitative estimate of drug-likeness (QED) is 0.564. The summed E-state index contributed by atoms with van der Waals surface area (Å²) in [5, 5.41) is 2.94. The van der Waals surface area contributed by atoms with Crippen molar-refractivity contribution in [2.75, 3.05) is 23.9 Å². The van der Waals surface area contributed by atoms with Crippen LogP contribution in [0.2, 0.25) is 0 Å². The lowest BCUT2D eigenvalue weighted by Gasteiger charge is -2.34. The Kier molecular flexibility index (Phi) is 7.94. The maximum atomic E-state index is 13.7. The third kappa shape index (κ3) is 6.88. The molecular weight excluding hydrogens is 470 g/mol. The Morgan fingerprint density at radius 2 is 1.71 bits per heavy atom. The van der Waals surface area contributed by atoms with Crippen LogP contribution < -0.4 is 19.1 Å². The normalized spacial score (nSPS) is 13.7. The summed E-state index contributed by atoms with van der Waals surface area (Å²) >= 11 is 0. The number of sulfonamides is 1. The van der Waals surface area contributed by atoms with Crippen molar-refractivity contribution in [3.05, 3.63) is 54.1 Å². The number of ether oxygens (including phenoxy) is 2. The van der Waals surface area contributed by atoms with Gasteiger partial charge in [0, 0.05) is 18.2 Å². The van der Waals surface area contributed by atoms with E-state index >= 15 is 0 Å². The van der Waals surface area contributed by atoms with E-state index in [4.69, 9.17) is 9.47 Å². The first-order valence-electron chi connectivity index (χ1n) is 11.4. The van der Waals surface area contributed by atoms with Gasteiger partial charge in [0.05, 0.1) is 11.9 Å². The predicted octanol–water partition coefficient (Wildman–Crippen LogP) is 2.90. The fourth-order valence-electron chi connectivity index (χ4n) is 3.81. The van der Waals surface area contributed by atoms with Crippen LogP contribution in [-0.2, 0) is 26.2 Å². The molecule has 0 aromatic heterocycles. The number of fused-ring (bicyclic) bond motifs is 1. The highest BCUT2D eigenvalue weighted by Crippen LogP contribution is 2.36. The van der Waals surface area contributed by atoms with Crippen molar-refractivity contribution in [3.8, 4) is 11.5 Å². The number of carbonyl (C=O) groups is 2. The zero-order chi connectivity index (χ0) is 25.8. The van der Waals surface area contributed by atoms with Crippen LogP contribution in [0.15, 0.2) is 48.5 Å². The minimum atomic E-state index is -3.83. The summed E-state index contributed by atoms with van der Waals surface area (Å²) < 4.78 is 37.1. The topological polar surface area (TPSA) is 105 Å². The predicted molar refractivity (Wildman–Crippen MR) is 134 cm³/mol. The molecule has 0 aliphatic carbocycles. The maximum Gasteiger partial charge on any atom is 0.244 e. The molecule has 0 saturated carbocycles. The lowest BCUT2D eigenvalue weighted by atomic mass is 10.1. The Hall–Kier alpha value is -3.27. The first-order valence-corrected chi connectivity index (χ1v) is 13.3. The molecule has 9 nitrogen and oxygen atoms in total. The average molecular weight is 504 g/mol. The molecule has 1 N–H and O–H groups in total. The largest absolute Gasteiger partial charge is 0.454 e. The van der Waals surface area contributed by atoms with Crippen molar-refractivity contribution in [1.82, 2.24) is 10.2 Å². The van der Waals surface area contributed by atoms with E-state index in [0.29, 0.717) is 17.9 Å². The van der Waals surface area contributed by atoms with Gasteiger partial charge in [-0.2, -0.15) is 0 Å². The van der Waals surface area contributed by atoms with Crippen LogP contribution in [0.4, 0.5) is 5.69 Å². The van der Waals surface area contributed by atoms with Crippen molar-refractivity contribution < 1.29 is 27.5 Å². The Morgan fingerprint density at radius 1 is 1.06 bits per heavy atom. The molecule has 2 aromatic carbocycles. The molecule has 2 aromatic rings. The number of anilines is 1. The van der Waals surface area contributed by atoms with Gasteiger partial charge in [-0.1, -0.05) is 37.3 Å². The average Bonchev–Trinajstić information content (AvgIpc) is 3.23. The molecule has 190 valence electrons. The molecule has 0 bridgehead atoms. The summed E-state index contributed by atoms with van der Waals surface area (Å²) in [6.07, 6.45) is 1.40. The number of hydrogen-bond acceptors (Lipinski definition) is 6. The second-order valence-corrected chi connectivity index (χ2v) is 11.4. The molecular formula is C25H33N3O6S. The fraction of sp³-hybridized carbons (Fsp3) is 0.440. The van der Waals surface area contributed by atoms with E-state index in [2.05, 4.69) is 5.32 Å². The van der Waals surface area contributed by atoms with Crippen LogP contribution in [0.1, 0.15) is 39.7 Å². The van der Waals surface area contributed by atoms with Gasteiger partial charge in [0.1, 0.15) is 12.6 Å². The van der Waals surface area contributed by atoms with E-state index in [0.717, 1.165) is 16.1 Å². The van der Waals surface area contributed by atoms with E-state index < -0.39 is 34.1 Å². The Morgan fingerprint density at radius 3 is 2.31 bits per heavy atom. The van der Waals surface area contributed by atoms with Crippen molar-refractivity contribution in [3.63, 3.8) is 0 Å². The zero-order valence-corrected chi connectivity index (χ0v) is 21.6. The molecule has 1 unspecified atom stereocenters. The van der Waals surface area contributed by atoms with Crippen molar-refractivity contribution in [1.29, 1.82) is 0 Å². The van der Waals surface area contributed by atoms with Gasteiger partial charge in [-0.15, -0.1) is 0 Å². The van der Waals surface area contributed by atoms with Crippen LogP contribution in [0.5, 0.6) is 11.5 Å². The van der Waals surface area contributed by atoms with Gasteiger partial charge in [0.15, 0.2) is 11.5 Å². The molecule has 10 heteroatoms. The summed E-state index contributed by atoms with van der Waals surface area (Å²) in [4.78, 5) is 28.3. The van der Waals surface area contributed by atoms with Crippen LogP contribution >= 0.6 is 0 Å². The minimum absolute atomic E-state index is 0.0442. The van der Waals surface area contributed by atoms with Crippen LogP contribution in [0.3, 0.4) is 0 Å². The molecule has 0 radical (unpaired) electrons. The molecule has 0 saturated heterocycles. The molecule has 0 fully saturated rings. The summed E-state index contributed by atoms with van der Waals surface area (Å²) in [5.41, 5.74) is 0.617. The second-order valence-electron chi connectivity index (χ2n) is 9.48. The monoisotopic (exact) mass is 503 g/mol. The highest BCUT2D eigenvalue weighted by Gasteiger charge is 2.33. The van der Waals surface area contributed by atoms with Crippen LogP contribution in [-0.4, -0.2) is 56.3 Å². The SMILES string of the molecule is CCC(C(=O)NC(C)(C)C)N(Cc1ccccc1)C(=O)CN(c1ccc2c(c1)OCO2)S(C)(=O)=O. The number of nitrogens with one attached hydrogen (secondary N) is 1. The molecule has 0 spiro atoms. The molecule has 1 aliphatic rings. The van der Waals surface area contributed by atoms with E-state index in [1.807, 2.05) is 58.0 Å². The number of carbonyl (C=O) groups excluding carboxylic acids is 2. The molecule has 1 heterocycles. The lowest BCUT2D eigenvalue weighted by molar-refractivity contribution is -0.141. The third-order valence-electron chi connectivity index (χ3n) is 5.40. The van der Waals surface area contributed by atoms with Gasteiger partial charge in [-0.3, -0.25) is 13.9 Å². The first-order chi connectivity index (χ1) is 16.4. The number of rotatable bonds is 9. The summed E-state index contributed by atoms with van der Waals surface area (Å²) in [7, 11) is -3.83. The second kappa shape index (κ2) is 10.6. The van der Waals surface area contributed by atoms with Gasteiger partial charge in [0.25, 0.3) is 0 Å². The Balaban J connectivity index is 1.94. The summed E-state index contributed by atoms with van der Waals surface area (Å²) in [5.74, 6) is 0.121. The Labute approximate surface area is 207 Å². The van der Waals surface area contributed by atoms with E-state index in [9.17, 15) is 18.0 Å². The number of amides is 2. The van der Waals surface area contributed by atoms with Crippen molar-refractivity contribution >= 4 is 27.5 Å². The molecule has 2 amide bonds. The van der Waals surface area contributed by atoms with Gasteiger partial charge < -0.3 is 19.7 Å². The molecule has 35 heavy (non-hydrogen) atoms. The smallest absolute Gasteiger partial charge is 0.244 e. The zero-order valence-electron chi connectivity index (χ0n) is 20.8. The van der Waals surface area contributed by atoms with Crippen molar-refractivity contribution in [2.45, 2.75) is 52.2 Å². The minimum Gasteiger partial charge on any atom is -0.454 e. The summed E-state index contributed by atoms with van der Waals surface area (Å²) in [6.45, 7) is 7.16. The number of hydrogen-bond donors (Lipinski definition) is 1. The summed E-state index contributed by atoms with van der Waals surface area (Å²) in [6, 6.07) is 13.2. The van der Waals surface area contributed by atoms with E-state index in [-0.39, 0.29) is 24.9 Å².